The topological polar surface area (TPSA) is 131 Å². The van der Waals surface area contributed by atoms with Gasteiger partial charge in [0.25, 0.3) is 11.1 Å². The van der Waals surface area contributed by atoms with Crippen LogP contribution in [0.15, 0.2) is 64.0 Å². The first kappa shape index (κ1) is 33.4. The number of benzene rings is 3. The third kappa shape index (κ3) is 8.16. The van der Waals surface area contributed by atoms with Crippen LogP contribution in [-0.2, 0) is 22.4 Å². The number of imide groups is 1. The Bertz CT molecular complexity index is 1680. The molecule has 0 atom stereocenters. The molecule has 3 aromatic carbocycles. The Morgan fingerprint density at radius 1 is 1.04 bits per heavy atom. The third-order valence-corrected chi connectivity index (χ3v) is 7.69. The number of nitrogens with one attached hydrogen (secondary N) is 1. The number of amides is 3. The van der Waals surface area contributed by atoms with Crippen molar-refractivity contribution in [2.45, 2.75) is 19.7 Å². The van der Waals surface area contributed by atoms with Gasteiger partial charge in [-0.2, -0.15) is 13.2 Å². The second kappa shape index (κ2) is 14.1. The minimum absolute atomic E-state index is 0.00554. The summed E-state index contributed by atoms with van der Waals surface area (Å²) in [6, 6.07) is 11.9. The standard InChI is InChI=1S/C30H24BrF3N2O8S/c1-3-43-23-11-17(10-20(31)26(23)44-15-16-4-6-18(7-5-16)28(39)40)12-24-27(38)36(29(41)45-24)14-25(37)35-21-13-19(30(32,33)34)8-9-22(21)42-2/h4-13H,3,14-15H2,1-2H3,(H,35,37)(H,39,40)/b24-12-. The van der Waals surface area contributed by atoms with Gasteiger partial charge in [-0.25, -0.2) is 4.79 Å². The van der Waals surface area contributed by atoms with E-state index >= 15 is 0 Å². The molecule has 0 radical (unpaired) electrons. The number of halogens is 4. The number of alkyl halides is 3. The van der Waals surface area contributed by atoms with Crippen molar-refractivity contribution in [3.8, 4) is 17.2 Å². The molecule has 4 rings (SSSR count). The number of nitrogens with zero attached hydrogens (tertiary/aromatic N) is 1. The molecular weight excluding hydrogens is 685 g/mol. The molecule has 0 aromatic heterocycles. The van der Waals surface area contributed by atoms with E-state index in [-0.39, 0.29) is 35.1 Å². The van der Waals surface area contributed by atoms with Crippen LogP contribution in [0.1, 0.15) is 34.0 Å². The second-order valence-corrected chi connectivity index (χ2v) is 11.1. The number of methoxy groups -OCH3 is 1. The number of aromatic carboxylic acids is 1. The lowest BCUT2D eigenvalue weighted by atomic mass is 10.1. The summed E-state index contributed by atoms with van der Waals surface area (Å²) in [7, 11) is 1.22. The van der Waals surface area contributed by atoms with E-state index in [0.717, 1.165) is 12.1 Å². The van der Waals surface area contributed by atoms with Crippen LogP contribution in [0.4, 0.5) is 23.7 Å². The highest BCUT2D eigenvalue weighted by Gasteiger charge is 2.37. The number of carboxylic acids is 1. The number of rotatable bonds is 11. The fourth-order valence-corrected chi connectivity index (χ4v) is 5.49. The zero-order valence-corrected chi connectivity index (χ0v) is 26.0. The molecule has 0 spiro atoms. The quantitative estimate of drug-likeness (QED) is 0.206. The molecule has 3 aromatic rings. The van der Waals surface area contributed by atoms with Crippen molar-refractivity contribution in [2.24, 2.45) is 0 Å². The van der Waals surface area contributed by atoms with E-state index in [2.05, 4.69) is 21.2 Å². The molecule has 0 bridgehead atoms. The van der Waals surface area contributed by atoms with Gasteiger partial charge in [-0.1, -0.05) is 12.1 Å². The molecule has 0 aliphatic carbocycles. The molecule has 0 unspecified atom stereocenters. The maximum atomic E-state index is 13.2. The molecule has 3 amide bonds. The highest BCUT2D eigenvalue weighted by molar-refractivity contribution is 9.10. The first-order valence-corrected chi connectivity index (χ1v) is 14.6. The van der Waals surface area contributed by atoms with Crippen LogP contribution >= 0.6 is 27.7 Å². The van der Waals surface area contributed by atoms with Crippen molar-refractivity contribution in [2.75, 3.05) is 25.6 Å². The molecule has 15 heteroatoms. The number of anilines is 1. The Hall–Kier alpha value is -4.50. The van der Waals surface area contributed by atoms with Gasteiger partial charge in [0.2, 0.25) is 5.91 Å². The van der Waals surface area contributed by atoms with E-state index < -0.39 is 41.3 Å². The highest BCUT2D eigenvalue weighted by Crippen LogP contribution is 2.40. The molecule has 2 N–H and O–H groups in total. The lowest BCUT2D eigenvalue weighted by Crippen LogP contribution is -2.36. The first-order valence-electron chi connectivity index (χ1n) is 13.0. The van der Waals surface area contributed by atoms with E-state index in [1.54, 1.807) is 31.2 Å². The van der Waals surface area contributed by atoms with Gasteiger partial charge in [-0.15, -0.1) is 0 Å². The van der Waals surface area contributed by atoms with Crippen molar-refractivity contribution < 1.29 is 51.7 Å². The van der Waals surface area contributed by atoms with Gasteiger partial charge in [-0.05, 0) is 94.3 Å². The van der Waals surface area contributed by atoms with Gasteiger partial charge in [0.1, 0.15) is 18.9 Å². The molecule has 1 saturated heterocycles. The summed E-state index contributed by atoms with van der Waals surface area (Å²) in [5, 5.41) is 10.6. The smallest absolute Gasteiger partial charge is 0.416 e. The van der Waals surface area contributed by atoms with E-state index in [0.29, 0.717) is 49.8 Å². The SMILES string of the molecule is CCOc1cc(/C=C2\SC(=O)N(CC(=O)Nc3cc(C(F)(F)F)ccc3OC)C2=O)cc(Br)c1OCc1ccc(C(=O)O)cc1. The van der Waals surface area contributed by atoms with Crippen LogP contribution in [-0.4, -0.2) is 53.3 Å². The number of carbonyl (C=O) groups excluding carboxylic acids is 3. The largest absolute Gasteiger partial charge is 0.495 e. The van der Waals surface area contributed by atoms with Crippen LogP contribution in [0.2, 0.25) is 0 Å². The van der Waals surface area contributed by atoms with Crippen LogP contribution in [0.25, 0.3) is 6.08 Å². The molecule has 236 valence electrons. The normalized spacial score (nSPS) is 14.1. The van der Waals surface area contributed by atoms with Crippen molar-refractivity contribution in [3.63, 3.8) is 0 Å². The number of carbonyl (C=O) groups is 4. The molecule has 1 aliphatic heterocycles. The lowest BCUT2D eigenvalue weighted by molar-refractivity contribution is -0.137. The van der Waals surface area contributed by atoms with Gasteiger partial charge in [0.15, 0.2) is 11.5 Å². The number of hydrogen-bond donors (Lipinski definition) is 2. The fourth-order valence-electron chi connectivity index (χ4n) is 4.08. The lowest BCUT2D eigenvalue weighted by Gasteiger charge is -2.16. The van der Waals surface area contributed by atoms with Crippen molar-refractivity contribution in [1.82, 2.24) is 4.90 Å². The third-order valence-electron chi connectivity index (χ3n) is 6.19. The summed E-state index contributed by atoms with van der Waals surface area (Å²) < 4.78 is 56.6. The number of hydrogen-bond acceptors (Lipinski definition) is 8. The van der Waals surface area contributed by atoms with Gasteiger partial charge >= 0.3 is 12.1 Å². The number of ether oxygens (including phenoxy) is 3. The average Bonchev–Trinajstić information content (AvgIpc) is 3.23. The minimum atomic E-state index is -4.67. The summed E-state index contributed by atoms with van der Waals surface area (Å²) in [6.07, 6.45) is -3.24. The van der Waals surface area contributed by atoms with E-state index in [1.165, 1.54) is 25.3 Å². The summed E-state index contributed by atoms with van der Waals surface area (Å²) in [4.78, 5) is 50.1. The summed E-state index contributed by atoms with van der Waals surface area (Å²) in [5.74, 6) is -2.08. The zero-order valence-electron chi connectivity index (χ0n) is 23.6. The molecule has 10 nitrogen and oxygen atoms in total. The van der Waals surface area contributed by atoms with E-state index in [4.69, 9.17) is 19.3 Å². The average molecular weight is 709 g/mol. The zero-order chi connectivity index (χ0) is 32.9. The second-order valence-electron chi connectivity index (χ2n) is 9.28. The Labute approximate surface area is 267 Å². The predicted octanol–water partition coefficient (Wildman–Crippen LogP) is 6.83. The molecule has 0 saturated carbocycles. The van der Waals surface area contributed by atoms with Gasteiger partial charge < -0.3 is 24.6 Å². The van der Waals surface area contributed by atoms with Crippen molar-refractivity contribution in [3.05, 3.63) is 86.2 Å². The summed E-state index contributed by atoms with van der Waals surface area (Å²) in [6.45, 7) is 1.41. The van der Waals surface area contributed by atoms with Crippen LogP contribution in [0.5, 0.6) is 17.2 Å². The molecule has 45 heavy (non-hydrogen) atoms. The van der Waals surface area contributed by atoms with Gasteiger partial charge in [0, 0.05) is 0 Å². The maximum Gasteiger partial charge on any atom is 0.416 e. The summed E-state index contributed by atoms with van der Waals surface area (Å²) in [5.41, 5.74) is 0.0267. The summed E-state index contributed by atoms with van der Waals surface area (Å²) >= 11 is 4.03. The Morgan fingerprint density at radius 2 is 1.76 bits per heavy atom. The Morgan fingerprint density at radius 3 is 2.38 bits per heavy atom. The Kier molecular flexibility index (Phi) is 10.4. The van der Waals surface area contributed by atoms with E-state index in [9.17, 15) is 32.3 Å². The Balaban J connectivity index is 1.49. The van der Waals surface area contributed by atoms with Crippen molar-refractivity contribution in [1.29, 1.82) is 0 Å². The number of thioether (sulfide) groups is 1. The maximum absolute atomic E-state index is 13.2. The first-order chi connectivity index (χ1) is 21.3. The fraction of sp³-hybridized carbons (Fsp3) is 0.200. The van der Waals surface area contributed by atoms with Crippen LogP contribution in [0, 0.1) is 0 Å². The van der Waals surface area contributed by atoms with Crippen molar-refractivity contribution >= 4 is 62.5 Å². The predicted molar refractivity (Wildman–Crippen MR) is 162 cm³/mol. The number of carboxylic acid groups (broad SMARTS) is 1. The van der Waals surface area contributed by atoms with Gasteiger partial charge in [-0.3, -0.25) is 19.3 Å². The minimum Gasteiger partial charge on any atom is -0.495 e. The highest BCUT2D eigenvalue weighted by atomic mass is 79.9. The van der Waals surface area contributed by atoms with Crippen LogP contribution < -0.4 is 19.5 Å². The monoisotopic (exact) mass is 708 g/mol. The van der Waals surface area contributed by atoms with Gasteiger partial charge in [0.05, 0.1) is 39.9 Å². The molecular formula is C30H24BrF3N2O8S. The van der Waals surface area contributed by atoms with Crippen LogP contribution in [0.3, 0.4) is 0 Å². The van der Waals surface area contributed by atoms with E-state index in [1.807, 2.05) is 0 Å². The molecule has 1 heterocycles. The molecule has 1 aliphatic rings. The molecule has 1 fully saturated rings.